The van der Waals surface area contributed by atoms with Crippen LogP contribution in [-0.2, 0) is 17.4 Å². The van der Waals surface area contributed by atoms with Crippen LogP contribution in [0.3, 0.4) is 0 Å². The van der Waals surface area contributed by atoms with Crippen molar-refractivity contribution in [2.45, 2.75) is 62.8 Å². The van der Waals surface area contributed by atoms with E-state index in [1.807, 2.05) is 6.07 Å². The number of carboxylic acid groups (broad SMARTS) is 1. The normalized spacial score (nSPS) is 19.7. The molecule has 2 aromatic heterocycles. The van der Waals surface area contributed by atoms with Crippen LogP contribution in [0.4, 0.5) is 30.8 Å². The SMILES string of the molecule is O=C(NC1(C(=O)O)CCCCC1)c1cnc(N2CCc3cc(O[C@H]4CCN(c5ncccn5)C4)ccc32)nc1C(F)(F)F. The first kappa shape index (κ1) is 28.6. The van der Waals surface area contributed by atoms with E-state index in [4.69, 9.17) is 4.74 Å². The maximum Gasteiger partial charge on any atom is 0.434 e. The monoisotopic (exact) mass is 597 g/mol. The van der Waals surface area contributed by atoms with Gasteiger partial charge in [-0.25, -0.2) is 24.7 Å². The van der Waals surface area contributed by atoms with E-state index in [1.165, 1.54) is 0 Å². The van der Waals surface area contributed by atoms with Gasteiger partial charge < -0.3 is 25.0 Å². The quantitative estimate of drug-likeness (QED) is 0.409. The number of anilines is 3. The Kier molecular flexibility index (Phi) is 7.52. The minimum absolute atomic E-state index is 0.0652. The van der Waals surface area contributed by atoms with Gasteiger partial charge in [-0.2, -0.15) is 13.2 Å². The molecule has 1 saturated carbocycles. The van der Waals surface area contributed by atoms with Crippen molar-refractivity contribution in [2.24, 2.45) is 0 Å². The molecule has 3 aromatic rings. The lowest BCUT2D eigenvalue weighted by Gasteiger charge is -2.34. The highest BCUT2D eigenvalue weighted by molar-refractivity contribution is 5.98. The van der Waals surface area contributed by atoms with Crippen LogP contribution in [0.5, 0.6) is 5.75 Å². The second-order valence-corrected chi connectivity index (χ2v) is 11.0. The summed E-state index contributed by atoms with van der Waals surface area (Å²) in [6.07, 6.45) is 2.71. The number of fused-ring (bicyclic) bond motifs is 1. The summed E-state index contributed by atoms with van der Waals surface area (Å²) in [5, 5.41) is 12.1. The fraction of sp³-hybridized carbons (Fsp3) is 0.448. The zero-order valence-corrected chi connectivity index (χ0v) is 23.2. The average Bonchev–Trinajstić information content (AvgIpc) is 3.64. The maximum absolute atomic E-state index is 14.2. The summed E-state index contributed by atoms with van der Waals surface area (Å²) in [5.41, 5.74) is -2.31. The molecule has 1 amide bonds. The lowest BCUT2D eigenvalue weighted by Crippen LogP contribution is -2.55. The number of nitrogens with zero attached hydrogens (tertiary/aromatic N) is 6. The summed E-state index contributed by atoms with van der Waals surface area (Å²) < 4.78 is 48.7. The minimum atomic E-state index is -4.96. The first-order valence-electron chi connectivity index (χ1n) is 14.2. The Morgan fingerprint density at radius 2 is 1.81 bits per heavy atom. The zero-order chi connectivity index (χ0) is 30.2. The molecule has 1 saturated heterocycles. The van der Waals surface area contributed by atoms with E-state index in [9.17, 15) is 27.9 Å². The molecule has 2 aliphatic heterocycles. The number of carboxylic acids is 1. The number of amides is 1. The van der Waals surface area contributed by atoms with Crippen molar-refractivity contribution in [1.82, 2.24) is 25.3 Å². The van der Waals surface area contributed by atoms with Crippen molar-refractivity contribution in [1.29, 1.82) is 0 Å². The van der Waals surface area contributed by atoms with Crippen molar-refractivity contribution in [3.8, 4) is 5.75 Å². The number of benzene rings is 1. The molecule has 14 heteroatoms. The van der Waals surface area contributed by atoms with Crippen LogP contribution < -0.4 is 19.9 Å². The first-order valence-corrected chi connectivity index (χ1v) is 14.2. The zero-order valence-electron chi connectivity index (χ0n) is 23.2. The van der Waals surface area contributed by atoms with E-state index in [0.29, 0.717) is 49.7 Å². The molecule has 6 rings (SSSR count). The maximum atomic E-state index is 14.2. The summed E-state index contributed by atoms with van der Waals surface area (Å²) in [5.74, 6) is -1.32. The largest absolute Gasteiger partial charge is 0.489 e. The first-order chi connectivity index (χ1) is 20.6. The van der Waals surface area contributed by atoms with Gasteiger partial charge in [0.1, 0.15) is 17.4 Å². The van der Waals surface area contributed by atoms with Crippen LogP contribution in [0.25, 0.3) is 0 Å². The van der Waals surface area contributed by atoms with E-state index < -0.39 is 34.8 Å². The highest BCUT2D eigenvalue weighted by atomic mass is 19.4. The predicted octanol–water partition coefficient (Wildman–Crippen LogP) is 4.15. The molecule has 1 aromatic carbocycles. The number of hydrogen-bond donors (Lipinski definition) is 2. The Morgan fingerprint density at radius 1 is 1.05 bits per heavy atom. The molecule has 43 heavy (non-hydrogen) atoms. The van der Waals surface area contributed by atoms with E-state index in [-0.39, 0.29) is 24.9 Å². The highest BCUT2D eigenvalue weighted by Crippen LogP contribution is 2.38. The Bertz CT molecular complexity index is 1520. The molecule has 11 nitrogen and oxygen atoms in total. The van der Waals surface area contributed by atoms with Crippen LogP contribution in [0.15, 0.2) is 42.9 Å². The molecular formula is C29H30F3N7O4. The number of carbonyl (C=O) groups excluding carboxylic acids is 1. The number of rotatable bonds is 7. The van der Waals surface area contributed by atoms with Crippen molar-refractivity contribution in [3.05, 3.63) is 59.7 Å². The molecule has 0 radical (unpaired) electrons. The van der Waals surface area contributed by atoms with Crippen LogP contribution in [-0.4, -0.2) is 68.2 Å². The van der Waals surface area contributed by atoms with Gasteiger partial charge in [0.25, 0.3) is 5.91 Å². The number of alkyl halides is 3. The molecule has 0 bridgehead atoms. The fourth-order valence-corrected chi connectivity index (χ4v) is 6.03. The summed E-state index contributed by atoms with van der Waals surface area (Å²) in [6, 6.07) is 7.16. The van der Waals surface area contributed by atoms with Crippen molar-refractivity contribution in [3.63, 3.8) is 0 Å². The fourth-order valence-electron chi connectivity index (χ4n) is 6.03. The van der Waals surface area contributed by atoms with Crippen molar-refractivity contribution in [2.75, 3.05) is 29.4 Å². The number of hydrogen-bond acceptors (Lipinski definition) is 9. The Morgan fingerprint density at radius 3 is 2.53 bits per heavy atom. The second-order valence-electron chi connectivity index (χ2n) is 11.0. The van der Waals surface area contributed by atoms with Crippen LogP contribution in [0, 0.1) is 0 Å². The average molecular weight is 598 g/mol. The summed E-state index contributed by atoms with van der Waals surface area (Å²) in [7, 11) is 0. The van der Waals surface area contributed by atoms with Gasteiger partial charge in [-0.15, -0.1) is 0 Å². The topological polar surface area (TPSA) is 134 Å². The van der Waals surface area contributed by atoms with Gasteiger partial charge in [-0.3, -0.25) is 4.79 Å². The van der Waals surface area contributed by atoms with E-state index in [0.717, 1.165) is 31.1 Å². The second kappa shape index (κ2) is 11.3. The van der Waals surface area contributed by atoms with Gasteiger partial charge in [-0.05, 0) is 49.1 Å². The lowest BCUT2D eigenvalue weighted by molar-refractivity contribution is -0.145. The Labute approximate surface area is 245 Å². The van der Waals surface area contributed by atoms with Gasteiger partial charge in [0, 0.05) is 43.8 Å². The standard InChI is InChI=1S/C29H30F3N7O4/c30-29(31,32)23-21(24(40)37-28(25(41)42)9-2-1-3-10-28)16-35-27(36-23)39-14-7-18-15-19(5-6-22(18)39)43-20-8-13-38(17-20)26-33-11-4-12-34-26/h4-6,11-12,15-16,20H,1-3,7-10,13-14,17H2,(H,37,40)(H,41,42)/t20-/m0/s1. The molecule has 0 spiro atoms. The predicted molar refractivity (Wildman–Crippen MR) is 148 cm³/mol. The third-order valence-corrected chi connectivity index (χ3v) is 8.23. The molecule has 226 valence electrons. The number of nitrogens with one attached hydrogen (secondary N) is 1. The van der Waals surface area contributed by atoms with E-state index in [1.54, 1.807) is 35.5 Å². The van der Waals surface area contributed by atoms with Crippen LogP contribution in [0.2, 0.25) is 0 Å². The number of halogens is 3. The van der Waals surface area contributed by atoms with Gasteiger partial charge >= 0.3 is 12.1 Å². The summed E-state index contributed by atoms with van der Waals surface area (Å²) >= 11 is 0. The number of carbonyl (C=O) groups is 2. The smallest absolute Gasteiger partial charge is 0.434 e. The molecule has 1 atom stereocenters. The van der Waals surface area contributed by atoms with Crippen molar-refractivity contribution >= 4 is 29.5 Å². The Balaban J connectivity index is 1.19. The molecule has 1 aliphatic carbocycles. The van der Waals surface area contributed by atoms with Gasteiger partial charge in [0.05, 0.1) is 12.1 Å². The molecule has 2 N–H and O–H groups in total. The molecular weight excluding hydrogens is 567 g/mol. The molecule has 0 unspecified atom stereocenters. The molecule has 3 aliphatic rings. The van der Waals surface area contributed by atoms with Crippen LogP contribution in [0.1, 0.15) is 60.1 Å². The van der Waals surface area contributed by atoms with Gasteiger partial charge in [0.15, 0.2) is 5.69 Å². The third-order valence-electron chi connectivity index (χ3n) is 8.23. The Hall–Kier alpha value is -4.49. The number of aromatic nitrogens is 4. The number of ether oxygens (including phenoxy) is 1. The highest BCUT2D eigenvalue weighted by Gasteiger charge is 2.44. The van der Waals surface area contributed by atoms with Crippen molar-refractivity contribution < 1.29 is 32.6 Å². The van der Waals surface area contributed by atoms with Crippen LogP contribution >= 0.6 is 0 Å². The number of aliphatic carboxylic acids is 1. The van der Waals surface area contributed by atoms with Gasteiger partial charge in [0.2, 0.25) is 11.9 Å². The lowest BCUT2D eigenvalue weighted by atomic mass is 9.81. The van der Waals surface area contributed by atoms with E-state index >= 15 is 0 Å². The van der Waals surface area contributed by atoms with Gasteiger partial charge in [-0.1, -0.05) is 19.3 Å². The molecule has 4 heterocycles. The summed E-state index contributed by atoms with van der Waals surface area (Å²) in [4.78, 5) is 45.1. The minimum Gasteiger partial charge on any atom is -0.489 e. The third kappa shape index (κ3) is 5.77. The summed E-state index contributed by atoms with van der Waals surface area (Å²) in [6.45, 7) is 1.73. The molecule has 2 fully saturated rings. The van der Waals surface area contributed by atoms with E-state index in [2.05, 4.69) is 30.2 Å².